The first kappa shape index (κ1) is 19.4. The van der Waals surface area contributed by atoms with E-state index in [0.717, 1.165) is 30.2 Å². The summed E-state index contributed by atoms with van der Waals surface area (Å²) in [5.41, 5.74) is 1.02. The van der Waals surface area contributed by atoms with Gasteiger partial charge in [0, 0.05) is 18.0 Å². The Kier molecular flexibility index (Phi) is 9.68. The van der Waals surface area contributed by atoms with Gasteiger partial charge in [0.15, 0.2) is 5.82 Å². The number of benzene rings is 1. The van der Waals surface area contributed by atoms with Crippen LogP contribution in [0.25, 0.3) is 11.4 Å². The zero-order chi connectivity index (χ0) is 17.6. The first-order valence-corrected chi connectivity index (χ1v) is 9.90. The van der Waals surface area contributed by atoms with Crippen molar-refractivity contribution in [1.29, 1.82) is 0 Å². The highest BCUT2D eigenvalue weighted by Crippen LogP contribution is 2.19. The van der Waals surface area contributed by atoms with Crippen LogP contribution in [0.15, 0.2) is 42.7 Å². The van der Waals surface area contributed by atoms with Crippen molar-refractivity contribution in [3.05, 3.63) is 42.7 Å². The predicted octanol–water partition coefficient (Wildman–Crippen LogP) is 6.44. The Balaban J connectivity index is 1.51. The Bertz CT molecular complexity index is 554. The molecular formula is C22H32N2O. The number of unbranched alkanes of at least 4 members (excludes halogenated alkanes) is 9. The van der Waals surface area contributed by atoms with Gasteiger partial charge in [-0.25, -0.2) is 9.97 Å². The van der Waals surface area contributed by atoms with Crippen LogP contribution in [0.5, 0.6) is 5.75 Å². The molecule has 0 amide bonds. The summed E-state index contributed by atoms with van der Waals surface area (Å²) in [5.74, 6) is 1.68. The fourth-order valence-electron chi connectivity index (χ4n) is 2.93. The van der Waals surface area contributed by atoms with Crippen molar-refractivity contribution in [2.45, 2.75) is 71.1 Å². The summed E-state index contributed by atoms with van der Waals surface area (Å²) in [6.45, 7) is 3.08. The SMILES string of the molecule is CCCCCCCCCCCCOc1ccc(-c2ncccn2)cc1. The summed E-state index contributed by atoms with van der Waals surface area (Å²) in [4.78, 5) is 8.52. The molecule has 0 N–H and O–H groups in total. The van der Waals surface area contributed by atoms with Gasteiger partial charge in [0.1, 0.15) is 5.75 Å². The maximum atomic E-state index is 5.83. The van der Waals surface area contributed by atoms with E-state index in [9.17, 15) is 0 Å². The average molecular weight is 341 g/mol. The van der Waals surface area contributed by atoms with Crippen molar-refractivity contribution in [1.82, 2.24) is 9.97 Å². The molecule has 3 heteroatoms. The van der Waals surface area contributed by atoms with Crippen molar-refractivity contribution >= 4 is 0 Å². The van der Waals surface area contributed by atoms with E-state index in [0.29, 0.717) is 0 Å². The minimum atomic E-state index is 0.753. The van der Waals surface area contributed by atoms with E-state index < -0.39 is 0 Å². The third-order valence-corrected chi connectivity index (χ3v) is 4.44. The highest BCUT2D eigenvalue weighted by atomic mass is 16.5. The monoisotopic (exact) mass is 340 g/mol. The molecule has 2 rings (SSSR count). The maximum Gasteiger partial charge on any atom is 0.159 e. The summed E-state index contributed by atoms with van der Waals surface area (Å²) in [5, 5.41) is 0. The zero-order valence-corrected chi connectivity index (χ0v) is 15.6. The number of hydrogen-bond acceptors (Lipinski definition) is 3. The minimum absolute atomic E-state index is 0.753. The van der Waals surface area contributed by atoms with Gasteiger partial charge in [-0.15, -0.1) is 0 Å². The molecule has 0 aliphatic heterocycles. The van der Waals surface area contributed by atoms with E-state index in [1.807, 2.05) is 30.3 Å². The Morgan fingerprint density at radius 3 is 1.88 bits per heavy atom. The summed E-state index contributed by atoms with van der Waals surface area (Å²) in [6.07, 6.45) is 17.0. The molecule has 0 fully saturated rings. The first-order valence-electron chi connectivity index (χ1n) is 9.90. The number of hydrogen-bond donors (Lipinski definition) is 0. The van der Waals surface area contributed by atoms with Gasteiger partial charge in [0.05, 0.1) is 6.61 Å². The van der Waals surface area contributed by atoms with Gasteiger partial charge in [-0.2, -0.15) is 0 Å². The molecule has 0 aliphatic rings. The van der Waals surface area contributed by atoms with Gasteiger partial charge in [-0.05, 0) is 36.8 Å². The van der Waals surface area contributed by atoms with Crippen LogP contribution in [0.2, 0.25) is 0 Å². The van der Waals surface area contributed by atoms with Crippen LogP contribution < -0.4 is 4.74 Å². The molecule has 0 atom stereocenters. The summed E-state index contributed by atoms with van der Waals surface area (Å²) >= 11 is 0. The zero-order valence-electron chi connectivity index (χ0n) is 15.6. The van der Waals surface area contributed by atoms with Gasteiger partial charge >= 0.3 is 0 Å². The van der Waals surface area contributed by atoms with Crippen molar-refractivity contribution in [3.8, 4) is 17.1 Å². The van der Waals surface area contributed by atoms with Gasteiger partial charge in [0.25, 0.3) is 0 Å². The summed E-state index contributed by atoms with van der Waals surface area (Å²) in [6, 6.07) is 9.86. The lowest BCUT2D eigenvalue weighted by Crippen LogP contribution is -1.97. The molecule has 1 aromatic carbocycles. The third kappa shape index (κ3) is 8.15. The topological polar surface area (TPSA) is 35.0 Å². The van der Waals surface area contributed by atoms with Crippen LogP contribution in [0, 0.1) is 0 Å². The van der Waals surface area contributed by atoms with E-state index in [-0.39, 0.29) is 0 Å². The predicted molar refractivity (Wildman–Crippen MR) is 105 cm³/mol. The Labute approximate surface area is 152 Å². The summed E-state index contributed by atoms with van der Waals surface area (Å²) < 4.78 is 5.83. The van der Waals surface area contributed by atoms with E-state index in [2.05, 4.69) is 16.9 Å². The molecular weight excluding hydrogens is 308 g/mol. The molecule has 0 saturated heterocycles. The second kappa shape index (κ2) is 12.5. The molecule has 1 aromatic heterocycles. The maximum absolute atomic E-state index is 5.83. The minimum Gasteiger partial charge on any atom is -0.494 e. The number of rotatable bonds is 13. The second-order valence-corrected chi connectivity index (χ2v) is 6.63. The molecule has 0 bridgehead atoms. The largest absolute Gasteiger partial charge is 0.494 e. The van der Waals surface area contributed by atoms with Crippen molar-refractivity contribution < 1.29 is 4.74 Å². The molecule has 0 aliphatic carbocycles. The Morgan fingerprint density at radius 1 is 0.720 bits per heavy atom. The molecule has 3 nitrogen and oxygen atoms in total. The quantitative estimate of drug-likeness (QED) is 0.393. The van der Waals surface area contributed by atoms with E-state index in [1.165, 1.54) is 57.8 Å². The van der Waals surface area contributed by atoms with E-state index in [4.69, 9.17) is 4.74 Å². The van der Waals surface area contributed by atoms with Gasteiger partial charge in [-0.3, -0.25) is 0 Å². The Hall–Kier alpha value is -1.90. The molecule has 2 aromatic rings. The number of aromatic nitrogens is 2. The molecule has 1 heterocycles. The molecule has 0 radical (unpaired) electrons. The number of nitrogens with zero attached hydrogens (tertiary/aromatic N) is 2. The van der Waals surface area contributed by atoms with Crippen molar-refractivity contribution in [2.24, 2.45) is 0 Å². The van der Waals surface area contributed by atoms with E-state index in [1.54, 1.807) is 12.4 Å². The number of ether oxygens (including phenoxy) is 1. The third-order valence-electron chi connectivity index (χ3n) is 4.44. The van der Waals surface area contributed by atoms with Crippen molar-refractivity contribution in [2.75, 3.05) is 6.61 Å². The molecule has 0 saturated carbocycles. The van der Waals surface area contributed by atoms with Crippen LogP contribution in [0.4, 0.5) is 0 Å². The molecule has 25 heavy (non-hydrogen) atoms. The van der Waals surface area contributed by atoms with Crippen LogP contribution in [-0.4, -0.2) is 16.6 Å². The van der Waals surface area contributed by atoms with Crippen LogP contribution in [-0.2, 0) is 0 Å². The highest BCUT2D eigenvalue weighted by Gasteiger charge is 2.00. The van der Waals surface area contributed by atoms with Gasteiger partial charge in [0.2, 0.25) is 0 Å². The van der Waals surface area contributed by atoms with Crippen LogP contribution in [0.1, 0.15) is 71.1 Å². The molecule has 136 valence electrons. The lowest BCUT2D eigenvalue weighted by Gasteiger charge is -2.07. The highest BCUT2D eigenvalue weighted by molar-refractivity contribution is 5.55. The smallest absolute Gasteiger partial charge is 0.159 e. The lowest BCUT2D eigenvalue weighted by atomic mass is 10.1. The summed E-state index contributed by atoms with van der Waals surface area (Å²) in [7, 11) is 0. The molecule has 0 unspecified atom stereocenters. The lowest BCUT2D eigenvalue weighted by molar-refractivity contribution is 0.304. The molecule has 0 spiro atoms. The van der Waals surface area contributed by atoms with Gasteiger partial charge in [-0.1, -0.05) is 64.7 Å². The first-order chi connectivity index (χ1) is 12.4. The average Bonchev–Trinajstić information content (AvgIpc) is 2.67. The normalized spacial score (nSPS) is 10.8. The Morgan fingerprint density at radius 2 is 1.28 bits per heavy atom. The van der Waals surface area contributed by atoms with E-state index >= 15 is 0 Å². The second-order valence-electron chi connectivity index (χ2n) is 6.63. The fraction of sp³-hybridized carbons (Fsp3) is 0.545. The van der Waals surface area contributed by atoms with Crippen LogP contribution >= 0.6 is 0 Å². The fourth-order valence-corrected chi connectivity index (χ4v) is 2.93. The standard InChI is InChI=1S/C22H32N2O/c1-2-3-4-5-6-7-8-9-10-11-19-25-21-15-13-20(14-16-21)22-23-17-12-18-24-22/h12-18H,2-11,19H2,1H3. The van der Waals surface area contributed by atoms with Gasteiger partial charge < -0.3 is 4.74 Å². The van der Waals surface area contributed by atoms with Crippen LogP contribution in [0.3, 0.4) is 0 Å². The van der Waals surface area contributed by atoms with Crippen molar-refractivity contribution in [3.63, 3.8) is 0 Å².